The maximum atomic E-state index is 11.2. The second-order valence-corrected chi connectivity index (χ2v) is 6.06. The lowest BCUT2D eigenvalue weighted by Crippen LogP contribution is -2.38. The summed E-state index contributed by atoms with van der Waals surface area (Å²) in [5.41, 5.74) is 12.8. The van der Waals surface area contributed by atoms with Crippen LogP contribution in [-0.2, 0) is 0 Å². The van der Waals surface area contributed by atoms with E-state index in [1.54, 1.807) is 6.07 Å². The highest BCUT2D eigenvalue weighted by Crippen LogP contribution is 2.29. The minimum atomic E-state index is -0.412. The van der Waals surface area contributed by atoms with Crippen LogP contribution in [0.15, 0.2) is 22.7 Å². The lowest BCUT2D eigenvalue weighted by atomic mass is 9.90. The molecule has 0 bridgehead atoms. The highest BCUT2D eigenvalue weighted by Gasteiger charge is 2.22. The molecule has 0 aliphatic heterocycles. The van der Waals surface area contributed by atoms with E-state index in [9.17, 15) is 4.79 Å². The molecule has 104 valence electrons. The largest absolute Gasteiger partial charge is 0.372 e. The van der Waals surface area contributed by atoms with Crippen LogP contribution in [0.1, 0.15) is 36.0 Å². The van der Waals surface area contributed by atoms with Crippen molar-refractivity contribution in [3.63, 3.8) is 0 Å². The van der Waals surface area contributed by atoms with Gasteiger partial charge in [-0.1, -0.05) is 0 Å². The fourth-order valence-corrected chi connectivity index (χ4v) is 3.19. The van der Waals surface area contributed by atoms with Crippen molar-refractivity contribution in [1.82, 2.24) is 0 Å². The molecule has 0 unspecified atom stereocenters. The number of nitrogens with two attached hydrogens (primary N) is 2. The summed E-state index contributed by atoms with van der Waals surface area (Å²) in [6.45, 7) is 0. The minimum absolute atomic E-state index is 0.355. The number of amides is 1. The molecule has 1 aliphatic carbocycles. The zero-order valence-electron chi connectivity index (χ0n) is 11.1. The number of carbonyl (C=O) groups is 1. The molecule has 5 heteroatoms. The van der Waals surface area contributed by atoms with Crippen LogP contribution >= 0.6 is 15.9 Å². The van der Waals surface area contributed by atoms with Crippen molar-refractivity contribution in [3.05, 3.63) is 28.2 Å². The Morgan fingerprint density at radius 2 is 1.95 bits per heavy atom. The van der Waals surface area contributed by atoms with Gasteiger partial charge in [-0.15, -0.1) is 0 Å². The average Bonchev–Trinajstić information content (AvgIpc) is 2.38. The Labute approximate surface area is 122 Å². The van der Waals surface area contributed by atoms with Crippen LogP contribution in [0, 0.1) is 0 Å². The zero-order valence-corrected chi connectivity index (χ0v) is 12.7. The first kappa shape index (κ1) is 14.3. The van der Waals surface area contributed by atoms with E-state index in [2.05, 4.69) is 27.9 Å². The topological polar surface area (TPSA) is 72.3 Å². The first-order valence-corrected chi connectivity index (χ1v) is 7.36. The number of primary amides is 1. The van der Waals surface area contributed by atoms with Crippen LogP contribution in [0.5, 0.6) is 0 Å². The summed E-state index contributed by atoms with van der Waals surface area (Å²) in [6, 6.07) is 6.54. The van der Waals surface area contributed by atoms with Crippen LogP contribution in [0.25, 0.3) is 0 Å². The van der Waals surface area contributed by atoms with Gasteiger partial charge in [0.05, 0.1) is 5.56 Å². The van der Waals surface area contributed by atoms with Crippen molar-refractivity contribution >= 4 is 27.5 Å². The summed E-state index contributed by atoms with van der Waals surface area (Å²) in [5, 5.41) is 0. The molecule has 0 atom stereocenters. The molecule has 1 fully saturated rings. The predicted molar refractivity (Wildman–Crippen MR) is 81.3 cm³/mol. The molecule has 1 aliphatic rings. The molecule has 2 rings (SSSR count). The SMILES string of the molecule is CN(c1ccc(C(N)=O)c(Br)c1)C1CCC(N)CC1. The Bertz CT molecular complexity index is 470. The number of nitrogens with zero attached hydrogens (tertiary/aromatic N) is 1. The normalized spacial score (nSPS) is 23.1. The van der Waals surface area contributed by atoms with E-state index in [0.29, 0.717) is 17.6 Å². The summed E-state index contributed by atoms with van der Waals surface area (Å²) in [7, 11) is 2.09. The number of carbonyl (C=O) groups excluding carboxylic acids is 1. The molecule has 1 aromatic carbocycles. The molecule has 0 saturated heterocycles. The van der Waals surface area contributed by atoms with Gasteiger partial charge in [0.1, 0.15) is 0 Å². The number of rotatable bonds is 3. The lowest BCUT2D eigenvalue weighted by Gasteiger charge is -2.35. The maximum Gasteiger partial charge on any atom is 0.249 e. The molecular weight excluding hydrogens is 306 g/mol. The smallest absolute Gasteiger partial charge is 0.249 e. The van der Waals surface area contributed by atoms with E-state index in [4.69, 9.17) is 11.5 Å². The number of anilines is 1. The highest BCUT2D eigenvalue weighted by molar-refractivity contribution is 9.10. The van der Waals surface area contributed by atoms with E-state index >= 15 is 0 Å². The van der Waals surface area contributed by atoms with E-state index in [0.717, 1.165) is 35.8 Å². The second-order valence-electron chi connectivity index (χ2n) is 5.21. The van der Waals surface area contributed by atoms with Crippen molar-refractivity contribution in [2.75, 3.05) is 11.9 Å². The fourth-order valence-electron chi connectivity index (χ4n) is 2.62. The average molecular weight is 326 g/mol. The van der Waals surface area contributed by atoms with Gasteiger partial charge in [-0.05, 0) is 59.8 Å². The van der Waals surface area contributed by atoms with Crippen LogP contribution in [0.4, 0.5) is 5.69 Å². The van der Waals surface area contributed by atoms with Gasteiger partial charge in [0.25, 0.3) is 0 Å². The maximum absolute atomic E-state index is 11.2. The summed E-state index contributed by atoms with van der Waals surface area (Å²) >= 11 is 3.40. The van der Waals surface area contributed by atoms with E-state index in [-0.39, 0.29) is 0 Å². The fraction of sp³-hybridized carbons (Fsp3) is 0.500. The Morgan fingerprint density at radius 3 is 2.47 bits per heavy atom. The number of hydrogen-bond donors (Lipinski definition) is 2. The molecule has 4 nitrogen and oxygen atoms in total. The molecule has 0 radical (unpaired) electrons. The van der Waals surface area contributed by atoms with Crippen LogP contribution in [0.3, 0.4) is 0 Å². The molecule has 4 N–H and O–H groups in total. The van der Waals surface area contributed by atoms with E-state index in [1.165, 1.54) is 0 Å². The predicted octanol–water partition coefficient (Wildman–Crippen LogP) is 2.25. The summed E-state index contributed by atoms with van der Waals surface area (Å²) in [4.78, 5) is 13.5. The van der Waals surface area contributed by atoms with Crippen LogP contribution < -0.4 is 16.4 Å². The first-order valence-electron chi connectivity index (χ1n) is 6.57. The van der Waals surface area contributed by atoms with Crippen molar-refractivity contribution in [2.24, 2.45) is 11.5 Å². The summed E-state index contributed by atoms with van der Waals surface area (Å²) < 4.78 is 0.747. The molecule has 0 aromatic heterocycles. The zero-order chi connectivity index (χ0) is 14.0. The van der Waals surface area contributed by atoms with Crippen LogP contribution in [-0.4, -0.2) is 25.0 Å². The second kappa shape index (κ2) is 5.92. The third-order valence-electron chi connectivity index (χ3n) is 3.91. The van der Waals surface area contributed by atoms with Gasteiger partial charge in [-0.3, -0.25) is 4.79 Å². The van der Waals surface area contributed by atoms with Crippen molar-refractivity contribution in [1.29, 1.82) is 0 Å². The molecular formula is C14H20BrN3O. The standard InChI is InChI=1S/C14H20BrN3O/c1-18(10-4-2-9(16)3-5-10)11-6-7-12(14(17)19)13(15)8-11/h6-10H,2-5,16H2,1H3,(H2,17,19). The van der Waals surface area contributed by atoms with Gasteiger partial charge in [0.2, 0.25) is 5.91 Å². The molecule has 19 heavy (non-hydrogen) atoms. The first-order chi connectivity index (χ1) is 8.99. The molecule has 1 aromatic rings. The van der Waals surface area contributed by atoms with Gasteiger partial charge in [-0.25, -0.2) is 0 Å². The summed E-state index contributed by atoms with van der Waals surface area (Å²) in [5.74, 6) is -0.412. The monoisotopic (exact) mass is 325 g/mol. The number of halogens is 1. The third kappa shape index (κ3) is 3.28. The molecule has 1 amide bonds. The molecule has 1 saturated carbocycles. The van der Waals surface area contributed by atoms with Gasteiger partial charge >= 0.3 is 0 Å². The van der Waals surface area contributed by atoms with Gasteiger partial charge < -0.3 is 16.4 Å². The lowest BCUT2D eigenvalue weighted by molar-refractivity contribution is 0.0999. The quantitative estimate of drug-likeness (QED) is 0.895. The summed E-state index contributed by atoms with van der Waals surface area (Å²) in [6.07, 6.45) is 4.39. The third-order valence-corrected chi connectivity index (χ3v) is 4.57. The van der Waals surface area contributed by atoms with Crippen LogP contribution in [0.2, 0.25) is 0 Å². The Kier molecular flexibility index (Phi) is 4.47. The Morgan fingerprint density at radius 1 is 1.32 bits per heavy atom. The van der Waals surface area contributed by atoms with Gasteiger partial charge in [0.15, 0.2) is 0 Å². The molecule has 0 heterocycles. The number of hydrogen-bond acceptors (Lipinski definition) is 3. The number of benzene rings is 1. The minimum Gasteiger partial charge on any atom is -0.372 e. The van der Waals surface area contributed by atoms with Gasteiger partial charge in [-0.2, -0.15) is 0 Å². The van der Waals surface area contributed by atoms with E-state index < -0.39 is 5.91 Å². The molecule has 0 spiro atoms. The van der Waals surface area contributed by atoms with E-state index in [1.807, 2.05) is 12.1 Å². The Balaban J connectivity index is 2.13. The van der Waals surface area contributed by atoms with Gasteiger partial charge in [0, 0.05) is 29.3 Å². The highest BCUT2D eigenvalue weighted by atomic mass is 79.9. The van der Waals surface area contributed by atoms with Crippen molar-refractivity contribution in [3.8, 4) is 0 Å². The van der Waals surface area contributed by atoms with Crippen molar-refractivity contribution in [2.45, 2.75) is 37.8 Å². The van der Waals surface area contributed by atoms with Crippen molar-refractivity contribution < 1.29 is 4.79 Å². The Hall–Kier alpha value is -1.07.